The van der Waals surface area contributed by atoms with Crippen LogP contribution in [0.3, 0.4) is 0 Å². The van der Waals surface area contributed by atoms with Crippen LogP contribution in [0.15, 0.2) is 18.2 Å². The number of hydrogen-bond acceptors (Lipinski definition) is 2. The third-order valence-electron chi connectivity index (χ3n) is 1.82. The lowest BCUT2D eigenvalue weighted by Gasteiger charge is -2.00. The number of hydrogen-bond donors (Lipinski definition) is 2. The average molecular weight is 174 g/mol. The van der Waals surface area contributed by atoms with Gasteiger partial charge in [0, 0.05) is 18.5 Å². The fourth-order valence-electron chi connectivity index (χ4n) is 1.02. The molecule has 2 heteroatoms. The smallest absolute Gasteiger partial charge is 0.0502 e. The van der Waals surface area contributed by atoms with Gasteiger partial charge in [-0.15, -0.1) is 0 Å². The molecule has 1 aromatic carbocycles. The summed E-state index contributed by atoms with van der Waals surface area (Å²) < 4.78 is 0. The Morgan fingerprint density at radius 2 is 2.15 bits per heavy atom. The Balaban J connectivity index is 2.91. The highest BCUT2D eigenvalue weighted by Crippen LogP contribution is 2.14. The van der Waals surface area contributed by atoms with Crippen molar-refractivity contribution in [2.24, 2.45) is 5.73 Å². The van der Waals surface area contributed by atoms with E-state index in [4.69, 9.17) is 11.5 Å². The van der Waals surface area contributed by atoms with Crippen LogP contribution >= 0.6 is 0 Å². The molecule has 0 saturated carbocycles. The summed E-state index contributed by atoms with van der Waals surface area (Å²) in [5, 5.41) is 0. The van der Waals surface area contributed by atoms with Crippen LogP contribution in [0, 0.1) is 18.8 Å². The predicted molar refractivity (Wildman–Crippen MR) is 56.1 cm³/mol. The third-order valence-corrected chi connectivity index (χ3v) is 1.82. The van der Waals surface area contributed by atoms with E-state index in [1.165, 1.54) is 0 Å². The third kappa shape index (κ3) is 2.50. The Kier molecular flexibility index (Phi) is 3.36. The van der Waals surface area contributed by atoms with E-state index in [0.29, 0.717) is 13.0 Å². The number of aryl methyl sites for hydroxylation is 1. The van der Waals surface area contributed by atoms with Crippen LogP contribution in [0.4, 0.5) is 5.69 Å². The standard InChI is InChI=1S/C11H14N2/c1-9-5-4-7-10(11(9)13)6-2-3-8-12/h4-5,7H,3,8,12-13H2,1H3. The molecule has 0 amide bonds. The summed E-state index contributed by atoms with van der Waals surface area (Å²) in [6, 6.07) is 5.85. The van der Waals surface area contributed by atoms with Crippen LogP contribution in [-0.4, -0.2) is 6.54 Å². The van der Waals surface area contributed by atoms with Crippen molar-refractivity contribution in [1.29, 1.82) is 0 Å². The molecule has 0 aliphatic heterocycles. The molecule has 1 rings (SSSR count). The number of para-hydroxylation sites is 1. The zero-order valence-corrected chi connectivity index (χ0v) is 7.80. The zero-order valence-electron chi connectivity index (χ0n) is 7.80. The summed E-state index contributed by atoms with van der Waals surface area (Å²) in [5.41, 5.74) is 13.9. The molecular weight excluding hydrogens is 160 g/mol. The molecule has 0 heterocycles. The van der Waals surface area contributed by atoms with Crippen LogP contribution in [-0.2, 0) is 0 Å². The van der Waals surface area contributed by atoms with Crippen molar-refractivity contribution in [2.45, 2.75) is 13.3 Å². The summed E-state index contributed by atoms with van der Waals surface area (Å²) in [6.07, 6.45) is 0.716. The molecule has 2 nitrogen and oxygen atoms in total. The monoisotopic (exact) mass is 174 g/mol. The molecule has 68 valence electrons. The minimum Gasteiger partial charge on any atom is -0.398 e. The van der Waals surface area contributed by atoms with Gasteiger partial charge in [0.25, 0.3) is 0 Å². The number of nitrogens with two attached hydrogens (primary N) is 2. The van der Waals surface area contributed by atoms with Gasteiger partial charge in [0.1, 0.15) is 0 Å². The van der Waals surface area contributed by atoms with Gasteiger partial charge in [-0.2, -0.15) is 0 Å². The number of anilines is 1. The molecule has 0 unspecified atom stereocenters. The summed E-state index contributed by atoms with van der Waals surface area (Å²) in [7, 11) is 0. The van der Waals surface area contributed by atoms with E-state index < -0.39 is 0 Å². The fourth-order valence-corrected chi connectivity index (χ4v) is 1.02. The van der Waals surface area contributed by atoms with Crippen molar-refractivity contribution in [3.8, 4) is 11.8 Å². The highest BCUT2D eigenvalue weighted by atomic mass is 14.6. The summed E-state index contributed by atoms with van der Waals surface area (Å²) in [5.74, 6) is 5.96. The topological polar surface area (TPSA) is 52.0 Å². The van der Waals surface area contributed by atoms with Gasteiger partial charge in [-0.1, -0.05) is 24.0 Å². The number of nitrogen functional groups attached to an aromatic ring is 1. The second kappa shape index (κ2) is 4.54. The van der Waals surface area contributed by atoms with Gasteiger partial charge < -0.3 is 11.5 Å². The van der Waals surface area contributed by atoms with Crippen LogP contribution in [0.25, 0.3) is 0 Å². The van der Waals surface area contributed by atoms with Crippen molar-refractivity contribution < 1.29 is 0 Å². The fraction of sp³-hybridized carbons (Fsp3) is 0.273. The molecule has 0 radical (unpaired) electrons. The van der Waals surface area contributed by atoms with Crippen LogP contribution in [0.5, 0.6) is 0 Å². The van der Waals surface area contributed by atoms with Crippen LogP contribution < -0.4 is 11.5 Å². The first-order chi connectivity index (χ1) is 6.25. The molecule has 0 spiro atoms. The molecule has 0 aliphatic carbocycles. The first kappa shape index (κ1) is 9.63. The van der Waals surface area contributed by atoms with Gasteiger partial charge >= 0.3 is 0 Å². The second-order valence-corrected chi connectivity index (χ2v) is 2.88. The molecule has 1 aromatic rings. The lowest BCUT2D eigenvalue weighted by Crippen LogP contribution is -1.96. The van der Waals surface area contributed by atoms with Crippen molar-refractivity contribution in [2.75, 3.05) is 12.3 Å². The van der Waals surface area contributed by atoms with E-state index >= 15 is 0 Å². The Morgan fingerprint density at radius 3 is 2.85 bits per heavy atom. The maximum Gasteiger partial charge on any atom is 0.0502 e. The summed E-state index contributed by atoms with van der Waals surface area (Å²) in [4.78, 5) is 0. The minimum atomic E-state index is 0.596. The average Bonchev–Trinajstić information content (AvgIpc) is 2.13. The van der Waals surface area contributed by atoms with E-state index in [2.05, 4.69) is 11.8 Å². The Labute approximate surface area is 78.9 Å². The van der Waals surface area contributed by atoms with Crippen molar-refractivity contribution in [3.63, 3.8) is 0 Å². The van der Waals surface area contributed by atoms with Gasteiger partial charge in [0.2, 0.25) is 0 Å². The van der Waals surface area contributed by atoms with E-state index in [9.17, 15) is 0 Å². The SMILES string of the molecule is Cc1cccc(C#CCCN)c1N. The largest absolute Gasteiger partial charge is 0.398 e. The zero-order chi connectivity index (χ0) is 9.68. The van der Waals surface area contributed by atoms with Gasteiger partial charge in [0.15, 0.2) is 0 Å². The Morgan fingerprint density at radius 1 is 1.38 bits per heavy atom. The molecule has 0 atom stereocenters. The van der Waals surface area contributed by atoms with Gasteiger partial charge in [0.05, 0.1) is 5.69 Å². The Hall–Kier alpha value is -1.46. The predicted octanol–water partition coefficient (Wildman–Crippen LogP) is 1.28. The minimum absolute atomic E-state index is 0.596. The highest BCUT2D eigenvalue weighted by molar-refractivity contribution is 5.60. The maximum absolute atomic E-state index is 5.83. The van der Waals surface area contributed by atoms with Crippen molar-refractivity contribution in [3.05, 3.63) is 29.3 Å². The summed E-state index contributed by atoms with van der Waals surface area (Å²) in [6.45, 7) is 2.57. The van der Waals surface area contributed by atoms with Crippen molar-refractivity contribution >= 4 is 5.69 Å². The molecule has 0 aromatic heterocycles. The highest BCUT2D eigenvalue weighted by Gasteiger charge is 1.96. The first-order valence-corrected chi connectivity index (χ1v) is 4.29. The molecule has 0 aliphatic rings. The number of benzene rings is 1. The van der Waals surface area contributed by atoms with E-state index in [1.807, 2.05) is 25.1 Å². The van der Waals surface area contributed by atoms with E-state index in [1.54, 1.807) is 0 Å². The lowest BCUT2D eigenvalue weighted by molar-refractivity contribution is 1.03. The molecule has 0 bridgehead atoms. The second-order valence-electron chi connectivity index (χ2n) is 2.88. The molecule has 4 N–H and O–H groups in total. The van der Waals surface area contributed by atoms with Crippen molar-refractivity contribution in [1.82, 2.24) is 0 Å². The molecule has 13 heavy (non-hydrogen) atoms. The maximum atomic E-state index is 5.83. The van der Waals surface area contributed by atoms with E-state index in [-0.39, 0.29) is 0 Å². The summed E-state index contributed by atoms with van der Waals surface area (Å²) >= 11 is 0. The quantitative estimate of drug-likeness (QED) is 0.497. The van der Waals surface area contributed by atoms with Gasteiger partial charge in [-0.05, 0) is 18.6 Å². The Bertz CT molecular complexity index is 345. The first-order valence-electron chi connectivity index (χ1n) is 4.29. The number of rotatable bonds is 1. The molecular formula is C11H14N2. The lowest BCUT2D eigenvalue weighted by atomic mass is 10.1. The normalized spacial score (nSPS) is 9.08. The van der Waals surface area contributed by atoms with E-state index in [0.717, 1.165) is 16.8 Å². The molecule has 0 fully saturated rings. The van der Waals surface area contributed by atoms with Gasteiger partial charge in [-0.3, -0.25) is 0 Å². The van der Waals surface area contributed by atoms with Crippen LogP contribution in [0.2, 0.25) is 0 Å². The van der Waals surface area contributed by atoms with Crippen LogP contribution in [0.1, 0.15) is 17.5 Å². The molecule has 0 saturated heterocycles. The van der Waals surface area contributed by atoms with Gasteiger partial charge in [-0.25, -0.2) is 0 Å².